The van der Waals surface area contributed by atoms with Crippen LogP contribution in [0.25, 0.3) is 99.7 Å². The first-order valence-corrected chi connectivity index (χ1v) is 27.6. The number of fused-ring (bicyclic) bond motifs is 3. The summed E-state index contributed by atoms with van der Waals surface area (Å²) in [6, 6.07) is 105. The van der Waals surface area contributed by atoms with Crippen LogP contribution < -0.4 is 4.90 Å². The molecule has 2 nitrogen and oxygen atoms in total. The van der Waals surface area contributed by atoms with Gasteiger partial charge < -0.3 is 9.88 Å². The molecular formula is C77H64N2. The van der Waals surface area contributed by atoms with E-state index >= 15 is 0 Å². The molecule has 0 atom stereocenters. The molecule has 13 rings (SSSR count). The van der Waals surface area contributed by atoms with Crippen molar-refractivity contribution in [2.45, 2.75) is 34.6 Å². The zero-order chi connectivity index (χ0) is 54.1. The lowest BCUT2D eigenvalue weighted by Crippen LogP contribution is -2.09. The highest BCUT2D eigenvalue weighted by Crippen LogP contribution is 2.41. The van der Waals surface area contributed by atoms with Gasteiger partial charge in [0.25, 0.3) is 0 Å². The first kappa shape index (κ1) is 51.4. The molecule has 0 spiro atoms. The molecule has 0 fully saturated rings. The number of para-hydroxylation sites is 1. The number of aryl methyl sites for hydroxylation is 3. The number of hydrogen-bond donors (Lipinski definition) is 1. The molecule has 0 radical (unpaired) electrons. The molecule has 1 heterocycles. The zero-order valence-corrected chi connectivity index (χ0v) is 45.7. The van der Waals surface area contributed by atoms with Gasteiger partial charge in [0.2, 0.25) is 0 Å². The summed E-state index contributed by atoms with van der Waals surface area (Å²) < 4.78 is 0. The van der Waals surface area contributed by atoms with Crippen molar-refractivity contribution in [1.29, 1.82) is 0 Å². The van der Waals surface area contributed by atoms with Gasteiger partial charge >= 0.3 is 0 Å². The summed E-state index contributed by atoms with van der Waals surface area (Å²) in [5, 5.41) is 2.48. The standard InChI is InChI=1S/C49H36N2.C26H22.C2H6/c1-34-16-18-40(19-17-34)46-32-41(33-47-45-14-8-9-15-48(45)50-49(46)47)39-24-30-44(31-25-39)51(42-26-20-37(21-27-42)35-10-4-2-5-11-35)43-28-22-38(23-29-43)36-12-6-3-7-13-36;1-19-13-15-23(21-9-5-3-6-10-21)17-25(19)26-18-24(16-14-20(26)2)22-11-7-4-8-12-22;1-2/h2-33,50H,1H3;3-18H,1-2H3;1-2H3. The van der Waals surface area contributed by atoms with Gasteiger partial charge in [-0.05, 0) is 171 Å². The largest absolute Gasteiger partial charge is 0.354 e. The van der Waals surface area contributed by atoms with E-state index < -0.39 is 0 Å². The lowest BCUT2D eigenvalue weighted by molar-refractivity contribution is 1.28. The normalized spacial score (nSPS) is 10.8. The van der Waals surface area contributed by atoms with E-state index in [0.29, 0.717) is 0 Å². The molecule has 0 aliphatic carbocycles. The molecule has 0 saturated heterocycles. The fourth-order valence-electron chi connectivity index (χ4n) is 10.6. The van der Waals surface area contributed by atoms with Crippen molar-refractivity contribution in [3.8, 4) is 77.9 Å². The van der Waals surface area contributed by atoms with Gasteiger partial charge in [0.05, 0.1) is 5.52 Å². The number of aromatic amines is 1. The van der Waals surface area contributed by atoms with E-state index in [-0.39, 0.29) is 0 Å². The maximum atomic E-state index is 3.72. The number of anilines is 3. The Morgan fingerprint density at radius 3 is 1.01 bits per heavy atom. The lowest BCUT2D eigenvalue weighted by Gasteiger charge is -2.26. The number of nitrogens with one attached hydrogen (secondary N) is 1. The summed E-state index contributed by atoms with van der Waals surface area (Å²) in [5.74, 6) is 0. The Morgan fingerprint density at radius 2 is 0.582 bits per heavy atom. The number of nitrogens with zero attached hydrogens (tertiary/aromatic N) is 1. The van der Waals surface area contributed by atoms with Crippen LogP contribution in [0.5, 0.6) is 0 Å². The van der Waals surface area contributed by atoms with E-state index in [1.165, 1.54) is 111 Å². The highest BCUT2D eigenvalue weighted by molar-refractivity contribution is 6.13. The zero-order valence-electron chi connectivity index (χ0n) is 45.7. The fourth-order valence-corrected chi connectivity index (χ4v) is 10.6. The number of aromatic nitrogens is 1. The first-order valence-electron chi connectivity index (χ1n) is 27.6. The first-order chi connectivity index (χ1) is 38.9. The van der Waals surface area contributed by atoms with Crippen molar-refractivity contribution < 1.29 is 0 Å². The summed E-state index contributed by atoms with van der Waals surface area (Å²) in [4.78, 5) is 6.06. The Hall–Kier alpha value is -9.76. The molecule has 382 valence electrons. The Kier molecular flexibility index (Phi) is 15.4. The van der Waals surface area contributed by atoms with Crippen LogP contribution in [-0.4, -0.2) is 4.98 Å². The second kappa shape index (κ2) is 23.6. The molecule has 1 N–H and O–H groups in total. The Morgan fingerprint density at radius 1 is 0.253 bits per heavy atom. The van der Waals surface area contributed by atoms with Gasteiger partial charge in [-0.1, -0.05) is 244 Å². The molecular weight excluding hydrogens is 953 g/mol. The van der Waals surface area contributed by atoms with Crippen molar-refractivity contribution >= 4 is 38.9 Å². The summed E-state index contributed by atoms with van der Waals surface area (Å²) in [5.41, 5.74) is 26.8. The van der Waals surface area contributed by atoms with Crippen LogP contribution in [-0.2, 0) is 0 Å². The molecule has 79 heavy (non-hydrogen) atoms. The Labute approximate surface area is 466 Å². The average molecular weight is 1020 g/mol. The summed E-state index contributed by atoms with van der Waals surface area (Å²) in [6.07, 6.45) is 0. The number of rotatable bonds is 10. The van der Waals surface area contributed by atoms with E-state index in [2.05, 4.69) is 322 Å². The average Bonchev–Trinajstić information content (AvgIpc) is 4.10. The second-order valence-electron chi connectivity index (χ2n) is 20.0. The topological polar surface area (TPSA) is 19.0 Å². The number of H-pyrrole nitrogens is 1. The second-order valence-corrected chi connectivity index (χ2v) is 20.0. The third-order valence-corrected chi connectivity index (χ3v) is 14.9. The number of hydrogen-bond acceptors (Lipinski definition) is 1. The summed E-state index contributed by atoms with van der Waals surface area (Å²) in [7, 11) is 0. The minimum absolute atomic E-state index is 1.10. The van der Waals surface area contributed by atoms with Gasteiger partial charge in [0.1, 0.15) is 0 Å². The molecule has 2 heteroatoms. The van der Waals surface area contributed by atoms with Gasteiger partial charge in [0, 0.05) is 38.9 Å². The SMILES string of the molecule is CC.Cc1ccc(-c2cc(-c3ccc(N(c4ccc(-c5ccccc5)cc4)c4ccc(-c5ccccc5)cc4)cc3)cc3c2[nH]c2ccccc23)cc1.Cc1ccc(-c2ccccc2)cc1-c1cc(-c2ccccc2)ccc1C. The predicted octanol–water partition coefficient (Wildman–Crippen LogP) is 22.1. The third kappa shape index (κ3) is 11.2. The molecule has 0 saturated carbocycles. The van der Waals surface area contributed by atoms with Crippen molar-refractivity contribution in [2.75, 3.05) is 4.90 Å². The van der Waals surface area contributed by atoms with E-state index in [4.69, 9.17) is 0 Å². The van der Waals surface area contributed by atoms with Crippen LogP contribution in [0, 0.1) is 20.8 Å². The molecule has 0 aliphatic heterocycles. The van der Waals surface area contributed by atoms with Gasteiger partial charge in [-0.25, -0.2) is 0 Å². The van der Waals surface area contributed by atoms with Gasteiger partial charge in [-0.2, -0.15) is 0 Å². The van der Waals surface area contributed by atoms with Crippen LogP contribution in [0.15, 0.2) is 291 Å². The minimum atomic E-state index is 1.10. The van der Waals surface area contributed by atoms with Gasteiger partial charge in [-0.15, -0.1) is 0 Å². The Balaban J connectivity index is 0.000000198. The van der Waals surface area contributed by atoms with E-state index in [1.807, 2.05) is 13.8 Å². The molecule has 0 bridgehead atoms. The third-order valence-electron chi connectivity index (χ3n) is 14.9. The maximum absolute atomic E-state index is 3.72. The van der Waals surface area contributed by atoms with Crippen molar-refractivity contribution in [3.05, 3.63) is 308 Å². The smallest absolute Gasteiger partial charge is 0.0544 e. The number of benzene rings is 12. The Bertz CT molecular complexity index is 3930. The fraction of sp³-hybridized carbons (Fsp3) is 0.0649. The summed E-state index contributed by atoms with van der Waals surface area (Å²) in [6.45, 7) is 10.5. The van der Waals surface area contributed by atoms with Gasteiger partial charge in [-0.3, -0.25) is 0 Å². The highest BCUT2D eigenvalue weighted by atomic mass is 15.1. The molecule has 0 aliphatic rings. The molecule has 0 unspecified atom stereocenters. The highest BCUT2D eigenvalue weighted by Gasteiger charge is 2.17. The monoisotopic (exact) mass is 1020 g/mol. The van der Waals surface area contributed by atoms with Crippen LogP contribution in [0.4, 0.5) is 17.1 Å². The molecule has 13 aromatic rings. The minimum Gasteiger partial charge on any atom is -0.354 e. The van der Waals surface area contributed by atoms with E-state index in [0.717, 1.165) is 22.6 Å². The lowest BCUT2D eigenvalue weighted by atomic mass is 9.90. The van der Waals surface area contributed by atoms with E-state index in [9.17, 15) is 0 Å². The molecule has 1 aromatic heterocycles. The van der Waals surface area contributed by atoms with Crippen LogP contribution >= 0.6 is 0 Å². The van der Waals surface area contributed by atoms with Crippen molar-refractivity contribution in [1.82, 2.24) is 4.98 Å². The summed E-state index contributed by atoms with van der Waals surface area (Å²) >= 11 is 0. The predicted molar refractivity (Wildman–Crippen MR) is 341 cm³/mol. The quantitative estimate of drug-likeness (QED) is 0.145. The van der Waals surface area contributed by atoms with Crippen molar-refractivity contribution in [3.63, 3.8) is 0 Å². The van der Waals surface area contributed by atoms with Crippen LogP contribution in [0.1, 0.15) is 30.5 Å². The van der Waals surface area contributed by atoms with E-state index in [1.54, 1.807) is 0 Å². The van der Waals surface area contributed by atoms with Crippen LogP contribution in [0.2, 0.25) is 0 Å². The molecule has 0 amide bonds. The maximum Gasteiger partial charge on any atom is 0.0544 e. The molecule has 12 aromatic carbocycles. The van der Waals surface area contributed by atoms with Crippen LogP contribution in [0.3, 0.4) is 0 Å². The van der Waals surface area contributed by atoms with Gasteiger partial charge in [0.15, 0.2) is 0 Å². The van der Waals surface area contributed by atoms with Crippen molar-refractivity contribution in [2.24, 2.45) is 0 Å².